The summed E-state index contributed by atoms with van der Waals surface area (Å²) in [5.74, 6) is -0.0114. The second-order valence-corrected chi connectivity index (χ2v) is 5.62. The number of unbranched alkanes of at least 4 members (excludes halogenated alkanes) is 4. The molecule has 0 aliphatic carbocycles. The van der Waals surface area contributed by atoms with Crippen molar-refractivity contribution < 1.29 is 39.9 Å². The molecule has 0 amide bonds. The fourth-order valence-electron chi connectivity index (χ4n) is 1.72. The Morgan fingerprint density at radius 3 is 1.76 bits per heavy atom. The van der Waals surface area contributed by atoms with Crippen molar-refractivity contribution in [1.29, 1.82) is 0 Å². The maximum atomic E-state index is 10.0. The summed E-state index contributed by atoms with van der Waals surface area (Å²) in [6.07, 6.45) is 5.88. The van der Waals surface area contributed by atoms with E-state index < -0.39 is 5.97 Å². The molecule has 0 saturated carbocycles. The fraction of sp³-hybridized carbons (Fsp3) is 0.632. The number of carboxylic acids is 1. The first-order chi connectivity index (χ1) is 11.5. The average molecular weight is 409 g/mol. The first-order valence-corrected chi connectivity index (χ1v) is 8.54. The zero-order valence-electron chi connectivity index (χ0n) is 16.7. The number of nitrogens with one attached hydrogen (secondary N) is 1. The number of benzene rings is 1. The van der Waals surface area contributed by atoms with Gasteiger partial charge in [-0.3, -0.25) is 15.3 Å². The molecule has 0 aromatic heterocycles. The smallest absolute Gasteiger partial charge is 0.303 e. The Balaban J connectivity index is -0.000000136. The Bertz CT molecular complexity index is 349. The van der Waals surface area contributed by atoms with E-state index in [1.807, 2.05) is 20.2 Å². The molecular weight excluding hydrogens is 372 g/mol. The number of carbonyl (C=O) groups is 1. The van der Waals surface area contributed by atoms with Crippen molar-refractivity contribution in [3.05, 3.63) is 35.9 Å². The molecule has 0 unspecified atom stereocenters. The molecule has 0 heterocycles. The van der Waals surface area contributed by atoms with E-state index in [0.717, 1.165) is 12.8 Å². The molecule has 0 spiro atoms. The minimum atomic E-state index is -0.670. The molecule has 0 fully saturated rings. The summed E-state index contributed by atoms with van der Waals surface area (Å²) in [4.78, 5) is 10.0. The van der Waals surface area contributed by atoms with E-state index in [0.29, 0.717) is 12.3 Å². The van der Waals surface area contributed by atoms with Crippen molar-refractivity contribution in [1.82, 2.24) is 5.32 Å². The van der Waals surface area contributed by atoms with Crippen LogP contribution in [-0.2, 0) is 24.3 Å². The largest absolute Gasteiger partial charge is 0.481 e. The van der Waals surface area contributed by atoms with Crippen LogP contribution in [0.3, 0.4) is 0 Å². The summed E-state index contributed by atoms with van der Waals surface area (Å²) in [7, 11) is 3.75. The van der Waals surface area contributed by atoms with E-state index in [1.165, 1.54) is 24.8 Å². The van der Waals surface area contributed by atoms with Crippen LogP contribution in [-0.4, -0.2) is 35.7 Å². The molecule has 4 N–H and O–H groups in total. The summed E-state index contributed by atoms with van der Waals surface area (Å²) in [6.45, 7) is 6.56. The van der Waals surface area contributed by atoms with Gasteiger partial charge in [-0.2, -0.15) is 0 Å². The van der Waals surface area contributed by atoms with E-state index >= 15 is 0 Å². The minimum Gasteiger partial charge on any atom is -0.481 e. The predicted molar refractivity (Wildman–Crippen MR) is 102 cm³/mol. The van der Waals surface area contributed by atoms with Crippen LogP contribution in [0, 0.1) is 0 Å². The molecular formula is C19H37NO4Zn. The zero-order valence-corrected chi connectivity index (χ0v) is 19.6. The standard InChI is InChI=1S/C9H12.C8H16O2.C2H7N.H2O2.Zn/c1-8(2)9-6-4-3-5-7-9;1-2-3-4-5-6-7-8(9)10;1-3-2;1-2;/h3-8H,1-2H3;2-7H2,1H3,(H,9,10);3H,1-2H3;1-2H;. The third-order valence-corrected chi connectivity index (χ3v) is 2.96. The normalized spacial score (nSPS) is 8.48. The van der Waals surface area contributed by atoms with Crippen molar-refractivity contribution in [3.63, 3.8) is 0 Å². The van der Waals surface area contributed by atoms with Gasteiger partial charge in [0.2, 0.25) is 0 Å². The van der Waals surface area contributed by atoms with Gasteiger partial charge < -0.3 is 10.4 Å². The van der Waals surface area contributed by atoms with Gasteiger partial charge in [0.05, 0.1) is 0 Å². The number of rotatable bonds is 7. The molecule has 25 heavy (non-hydrogen) atoms. The molecule has 1 rings (SSSR count). The molecule has 0 saturated heterocycles. The molecule has 0 atom stereocenters. The van der Waals surface area contributed by atoms with Crippen LogP contribution >= 0.6 is 0 Å². The Labute approximate surface area is 166 Å². The fourth-order valence-corrected chi connectivity index (χ4v) is 1.72. The molecule has 0 aliphatic rings. The van der Waals surface area contributed by atoms with Crippen LogP contribution in [0.4, 0.5) is 0 Å². The van der Waals surface area contributed by atoms with Gasteiger partial charge in [-0.1, -0.05) is 76.8 Å². The van der Waals surface area contributed by atoms with Gasteiger partial charge in [0.15, 0.2) is 0 Å². The van der Waals surface area contributed by atoms with Gasteiger partial charge in [-0.15, -0.1) is 0 Å². The molecule has 1 aromatic rings. The minimum absolute atomic E-state index is 0. The topological polar surface area (TPSA) is 89.8 Å². The van der Waals surface area contributed by atoms with Gasteiger partial charge in [-0.05, 0) is 32.0 Å². The predicted octanol–water partition coefficient (Wildman–Crippen LogP) is 5.09. The molecule has 6 heteroatoms. The third-order valence-electron chi connectivity index (χ3n) is 2.96. The van der Waals surface area contributed by atoms with Crippen LogP contribution in [0.2, 0.25) is 0 Å². The van der Waals surface area contributed by atoms with E-state index in [1.54, 1.807) is 0 Å². The van der Waals surface area contributed by atoms with Crippen molar-refractivity contribution in [2.45, 2.75) is 65.2 Å². The molecule has 0 radical (unpaired) electrons. The second-order valence-electron chi connectivity index (χ2n) is 5.62. The number of hydrogen-bond acceptors (Lipinski definition) is 4. The van der Waals surface area contributed by atoms with Crippen LogP contribution < -0.4 is 5.32 Å². The van der Waals surface area contributed by atoms with E-state index in [9.17, 15) is 4.79 Å². The maximum absolute atomic E-state index is 10.0. The first kappa shape index (κ1) is 31.9. The van der Waals surface area contributed by atoms with E-state index in [2.05, 4.69) is 50.4 Å². The summed E-state index contributed by atoms with van der Waals surface area (Å²) in [5, 5.41) is 23.0. The molecule has 0 aliphatic heterocycles. The molecule has 0 bridgehead atoms. The summed E-state index contributed by atoms with van der Waals surface area (Å²) in [6, 6.07) is 10.5. The van der Waals surface area contributed by atoms with Gasteiger partial charge in [-0.25, -0.2) is 0 Å². The number of hydrogen-bond donors (Lipinski definition) is 4. The summed E-state index contributed by atoms with van der Waals surface area (Å²) >= 11 is 0. The number of carboxylic acid groups (broad SMARTS) is 1. The van der Waals surface area contributed by atoms with E-state index in [4.69, 9.17) is 15.6 Å². The van der Waals surface area contributed by atoms with Gasteiger partial charge in [0.25, 0.3) is 0 Å². The van der Waals surface area contributed by atoms with Crippen LogP contribution in [0.15, 0.2) is 30.3 Å². The quantitative estimate of drug-likeness (QED) is 0.218. The summed E-state index contributed by atoms with van der Waals surface area (Å²) < 4.78 is 0. The number of aliphatic carboxylic acids is 1. The average Bonchev–Trinajstić information content (AvgIpc) is 2.58. The molecule has 5 nitrogen and oxygen atoms in total. The Morgan fingerprint density at radius 1 is 1.00 bits per heavy atom. The zero-order chi connectivity index (χ0) is 19.2. The van der Waals surface area contributed by atoms with E-state index in [-0.39, 0.29) is 19.5 Å². The summed E-state index contributed by atoms with van der Waals surface area (Å²) in [5.41, 5.74) is 1.41. The Hall–Kier alpha value is -0.807. The Morgan fingerprint density at radius 2 is 1.44 bits per heavy atom. The third kappa shape index (κ3) is 31.5. The van der Waals surface area contributed by atoms with Crippen molar-refractivity contribution in [2.75, 3.05) is 14.1 Å². The van der Waals surface area contributed by atoms with Crippen molar-refractivity contribution in [3.8, 4) is 0 Å². The van der Waals surface area contributed by atoms with Crippen molar-refractivity contribution in [2.24, 2.45) is 0 Å². The first-order valence-electron chi connectivity index (χ1n) is 8.54. The van der Waals surface area contributed by atoms with Crippen molar-refractivity contribution >= 4 is 5.97 Å². The van der Waals surface area contributed by atoms with Gasteiger partial charge in [0, 0.05) is 25.9 Å². The second kappa shape index (κ2) is 28.0. The SMILES string of the molecule is CC(C)c1ccccc1.CCCCCCCC(=O)O.CNC.OO.[Zn]. The monoisotopic (exact) mass is 407 g/mol. The van der Waals surface area contributed by atoms with Gasteiger partial charge in [0.1, 0.15) is 0 Å². The Kier molecular flexibility index (Phi) is 35.8. The molecule has 144 valence electrons. The van der Waals surface area contributed by atoms with Crippen LogP contribution in [0.1, 0.15) is 70.8 Å². The van der Waals surface area contributed by atoms with Crippen LogP contribution in [0.25, 0.3) is 0 Å². The molecule has 1 aromatic carbocycles. The van der Waals surface area contributed by atoms with Crippen LogP contribution in [0.5, 0.6) is 0 Å². The maximum Gasteiger partial charge on any atom is 0.303 e. The van der Waals surface area contributed by atoms with Gasteiger partial charge >= 0.3 is 5.97 Å².